The maximum Gasteiger partial charge on any atom is 0.326 e. The van der Waals surface area contributed by atoms with E-state index < -0.39 is 5.54 Å². The number of nitrogens with one attached hydrogen (secondary N) is 1. The van der Waals surface area contributed by atoms with E-state index in [1.54, 1.807) is 7.11 Å². The molecule has 1 aliphatic carbocycles. The highest BCUT2D eigenvalue weighted by Gasteiger charge is 2.43. The molecule has 112 valence electrons. The standard InChI is InChI=1S/C14H28N2O3/c1-5-15-14(13(17)19-4)8-6-7-12(11-14)16(2)9-10-18-3/h12,15H,5-11H2,1-4H3. The molecule has 1 fully saturated rings. The van der Waals surface area contributed by atoms with Crippen LogP contribution in [-0.2, 0) is 14.3 Å². The van der Waals surface area contributed by atoms with Crippen LogP contribution in [0.4, 0.5) is 0 Å². The number of carbonyl (C=O) groups excluding carboxylic acids is 1. The van der Waals surface area contributed by atoms with Gasteiger partial charge in [0, 0.05) is 19.7 Å². The van der Waals surface area contributed by atoms with Crippen molar-refractivity contribution in [3.05, 3.63) is 0 Å². The number of nitrogens with zero attached hydrogens (tertiary/aromatic N) is 1. The van der Waals surface area contributed by atoms with Crippen molar-refractivity contribution in [2.24, 2.45) is 0 Å². The largest absolute Gasteiger partial charge is 0.468 e. The molecule has 2 unspecified atom stereocenters. The Labute approximate surface area is 116 Å². The number of hydrogen-bond acceptors (Lipinski definition) is 5. The number of hydrogen-bond donors (Lipinski definition) is 1. The molecule has 0 aromatic carbocycles. The molecule has 19 heavy (non-hydrogen) atoms. The zero-order valence-electron chi connectivity index (χ0n) is 12.7. The monoisotopic (exact) mass is 272 g/mol. The summed E-state index contributed by atoms with van der Waals surface area (Å²) in [6, 6.07) is 0.405. The number of esters is 1. The van der Waals surface area contributed by atoms with E-state index in [2.05, 4.69) is 17.3 Å². The number of methoxy groups -OCH3 is 2. The van der Waals surface area contributed by atoms with Crippen LogP contribution in [0.5, 0.6) is 0 Å². The molecule has 0 aromatic heterocycles. The first-order chi connectivity index (χ1) is 9.09. The molecule has 0 aliphatic heterocycles. The van der Waals surface area contributed by atoms with Gasteiger partial charge < -0.3 is 19.7 Å². The summed E-state index contributed by atoms with van der Waals surface area (Å²) in [5.41, 5.74) is -0.506. The molecule has 0 amide bonds. The number of carbonyl (C=O) groups is 1. The van der Waals surface area contributed by atoms with Crippen molar-refractivity contribution in [3.63, 3.8) is 0 Å². The van der Waals surface area contributed by atoms with Crippen LogP contribution >= 0.6 is 0 Å². The maximum absolute atomic E-state index is 12.1. The first-order valence-electron chi connectivity index (χ1n) is 7.12. The third kappa shape index (κ3) is 4.16. The molecule has 0 spiro atoms. The first kappa shape index (κ1) is 16.4. The lowest BCUT2D eigenvalue weighted by atomic mass is 9.78. The van der Waals surface area contributed by atoms with Crippen molar-refractivity contribution in [3.8, 4) is 0 Å². The van der Waals surface area contributed by atoms with Gasteiger partial charge in [-0.15, -0.1) is 0 Å². The smallest absolute Gasteiger partial charge is 0.326 e. The molecule has 0 saturated heterocycles. The average Bonchev–Trinajstić information content (AvgIpc) is 2.44. The summed E-state index contributed by atoms with van der Waals surface area (Å²) < 4.78 is 10.1. The minimum absolute atomic E-state index is 0.126. The topological polar surface area (TPSA) is 50.8 Å². The number of rotatable bonds is 7. The van der Waals surface area contributed by atoms with Gasteiger partial charge in [0.15, 0.2) is 0 Å². The van der Waals surface area contributed by atoms with E-state index in [-0.39, 0.29) is 5.97 Å². The molecular formula is C14H28N2O3. The fraction of sp³-hybridized carbons (Fsp3) is 0.929. The molecule has 1 aliphatic rings. The highest BCUT2D eigenvalue weighted by molar-refractivity contribution is 5.81. The van der Waals surface area contributed by atoms with Gasteiger partial charge in [-0.25, -0.2) is 0 Å². The Hall–Kier alpha value is -0.650. The summed E-state index contributed by atoms with van der Waals surface area (Å²) in [5.74, 6) is -0.126. The lowest BCUT2D eigenvalue weighted by Gasteiger charge is -2.42. The van der Waals surface area contributed by atoms with E-state index in [4.69, 9.17) is 9.47 Å². The van der Waals surface area contributed by atoms with Crippen LogP contribution in [0.25, 0.3) is 0 Å². The quantitative estimate of drug-likeness (QED) is 0.702. The highest BCUT2D eigenvalue weighted by Crippen LogP contribution is 2.31. The highest BCUT2D eigenvalue weighted by atomic mass is 16.5. The molecule has 0 aromatic rings. The van der Waals surface area contributed by atoms with E-state index in [0.717, 1.165) is 45.4 Å². The zero-order valence-corrected chi connectivity index (χ0v) is 12.7. The normalized spacial score (nSPS) is 27.5. The van der Waals surface area contributed by atoms with Crippen molar-refractivity contribution >= 4 is 5.97 Å². The molecule has 0 heterocycles. The molecule has 1 saturated carbocycles. The fourth-order valence-corrected chi connectivity index (χ4v) is 2.99. The summed E-state index contributed by atoms with van der Waals surface area (Å²) in [5, 5.41) is 3.36. The zero-order chi connectivity index (χ0) is 14.3. The summed E-state index contributed by atoms with van der Waals surface area (Å²) in [4.78, 5) is 14.4. The van der Waals surface area contributed by atoms with E-state index in [1.165, 1.54) is 7.11 Å². The van der Waals surface area contributed by atoms with Gasteiger partial charge in [-0.3, -0.25) is 4.79 Å². The molecule has 5 nitrogen and oxygen atoms in total. The molecule has 1 rings (SSSR count). The van der Waals surface area contributed by atoms with Crippen molar-refractivity contribution in [2.75, 3.05) is 41.0 Å². The van der Waals surface area contributed by atoms with Crippen LogP contribution in [0, 0.1) is 0 Å². The summed E-state index contributed by atoms with van der Waals surface area (Å²) in [6.07, 6.45) is 3.85. The lowest BCUT2D eigenvalue weighted by Crippen LogP contribution is -2.58. The Bertz CT molecular complexity index is 282. The molecule has 2 atom stereocenters. The van der Waals surface area contributed by atoms with Crippen LogP contribution in [0.1, 0.15) is 32.6 Å². The molecular weight excluding hydrogens is 244 g/mol. The van der Waals surface area contributed by atoms with Gasteiger partial charge in [0.05, 0.1) is 13.7 Å². The minimum atomic E-state index is -0.506. The lowest BCUT2D eigenvalue weighted by molar-refractivity contribution is -0.151. The Balaban J connectivity index is 2.70. The summed E-state index contributed by atoms with van der Waals surface area (Å²) in [6.45, 7) is 4.43. The van der Waals surface area contributed by atoms with Gasteiger partial charge in [-0.05, 0) is 39.3 Å². The van der Waals surface area contributed by atoms with Gasteiger partial charge in [-0.1, -0.05) is 6.92 Å². The van der Waals surface area contributed by atoms with E-state index in [0.29, 0.717) is 6.04 Å². The minimum Gasteiger partial charge on any atom is -0.468 e. The fourth-order valence-electron chi connectivity index (χ4n) is 2.99. The SMILES string of the molecule is CCNC1(C(=O)OC)CCCC(N(C)CCOC)C1. The van der Waals surface area contributed by atoms with E-state index >= 15 is 0 Å². The van der Waals surface area contributed by atoms with Crippen LogP contribution in [0.3, 0.4) is 0 Å². The third-order valence-electron chi connectivity index (χ3n) is 4.09. The number of ether oxygens (including phenoxy) is 2. The van der Waals surface area contributed by atoms with Crippen LogP contribution < -0.4 is 5.32 Å². The first-order valence-corrected chi connectivity index (χ1v) is 7.12. The van der Waals surface area contributed by atoms with Crippen LogP contribution in [0.2, 0.25) is 0 Å². The van der Waals surface area contributed by atoms with Gasteiger partial charge >= 0.3 is 5.97 Å². The summed E-state index contributed by atoms with van der Waals surface area (Å²) >= 11 is 0. The Morgan fingerprint density at radius 2 is 2.21 bits per heavy atom. The van der Waals surface area contributed by atoms with Gasteiger partial charge in [0.1, 0.15) is 5.54 Å². The van der Waals surface area contributed by atoms with Crippen molar-refractivity contribution in [1.29, 1.82) is 0 Å². The summed E-state index contributed by atoms with van der Waals surface area (Å²) in [7, 11) is 5.29. The van der Waals surface area contributed by atoms with Crippen LogP contribution in [-0.4, -0.2) is 63.4 Å². The third-order valence-corrected chi connectivity index (χ3v) is 4.09. The molecule has 0 bridgehead atoms. The Morgan fingerprint density at radius 1 is 1.47 bits per heavy atom. The predicted molar refractivity (Wildman–Crippen MR) is 75.2 cm³/mol. The van der Waals surface area contributed by atoms with Crippen molar-refractivity contribution < 1.29 is 14.3 Å². The van der Waals surface area contributed by atoms with Gasteiger partial charge in [0.25, 0.3) is 0 Å². The predicted octanol–water partition coefficient (Wildman–Crippen LogP) is 1.03. The Kier molecular flexibility index (Phi) is 6.75. The number of likely N-dealkylation sites (N-methyl/N-ethyl adjacent to an activating group) is 2. The Morgan fingerprint density at radius 3 is 2.79 bits per heavy atom. The molecule has 1 N–H and O–H groups in total. The molecule has 0 radical (unpaired) electrons. The second-order valence-electron chi connectivity index (χ2n) is 5.33. The van der Waals surface area contributed by atoms with Crippen molar-refractivity contribution in [2.45, 2.75) is 44.2 Å². The van der Waals surface area contributed by atoms with E-state index in [1.807, 2.05) is 6.92 Å². The van der Waals surface area contributed by atoms with Gasteiger partial charge in [-0.2, -0.15) is 0 Å². The maximum atomic E-state index is 12.1. The van der Waals surface area contributed by atoms with E-state index in [9.17, 15) is 4.79 Å². The molecule has 5 heteroatoms. The van der Waals surface area contributed by atoms with Crippen LogP contribution in [0.15, 0.2) is 0 Å². The van der Waals surface area contributed by atoms with Crippen molar-refractivity contribution in [1.82, 2.24) is 10.2 Å². The average molecular weight is 272 g/mol. The second-order valence-corrected chi connectivity index (χ2v) is 5.33. The van der Waals surface area contributed by atoms with Gasteiger partial charge in [0.2, 0.25) is 0 Å². The second kappa shape index (κ2) is 7.82.